The summed E-state index contributed by atoms with van der Waals surface area (Å²) < 4.78 is 5.29. The zero-order valence-corrected chi connectivity index (χ0v) is 8.60. The van der Waals surface area contributed by atoms with E-state index in [1.807, 2.05) is 25.1 Å². The van der Waals surface area contributed by atoms with Crippen molar-refractivity contribution in [2.75, 3.05) is 7.11 Å². The second kappa shape index (κ2) is 3.62. The van der Waals surface area contributed by atoms with Crippen molar-refractivity contribution in [2.45, 2.75) is 25.4 Å². The van der Waals surface area contributed by atoms with Gasteiger partial charge < -0.3 is 9.84 Å². The molecule has 1 fully saturated rings. The van der Waals surface area contributed by atoms with Gasteiger partial charge in [0.25, 0.3) is 0 Å². The van der Waals surface area contributed by atoms with Crippen molar-refractivity contribution in [1.82, 2.24) is 0 Å². The minimum Gasteiger partial charge on any atom is -0.496 e. The highest BCUT2D eigenvalue weighted by Gasteiger charge is 2.42. The maximum Gasteiger partial charge on any atom is 0.122 e. The molecule has 0 saturated heterocycles. The van der Waals surface area contributed by atoms with Gasteiger partial charge in [-0.25, -0.2) is 0 Å². The minimum atomic E-state index is -0.204. The lowest BCUT2D eigenvalue weighted by atomic mass is 10.1. The fourth-order valence-electron chi connectivity index (χ4n) is 2.08. The zero-order chi connectivity index (χ0) is 10.1. The van der Waals surface area contributed by atoms with Gasteiger partial charge in [0.15, 0.2) is 0 Å². The maximum atomic E-state index is 9.45. The third-order valence-corrected chi connectivity index (χ3v) is 3.00. The highest BCUT2D eigenvalue weighted by atomic mass is 16.5. The Hall–Kier alpha value is -1.02. The first-order valence-corrected chi connectivity index (χ1v) is 5.05. The van der Waals surface area contributed by atoms with Crippen LogP contribution in [-0.2, 0) is 0 Å². The van der Waals surface area contributed by atoms with Crippen LogP contribution < -0.4 is 4.74 Å². The molecule has 2 heteroatoms. The molecule has 0 heterocycles. The lowest BCUT2D eigenvalue weighted by molar-refractivity contribution is 0.168. The smallest absolute Gasteiger partial charge is 0.122 e. The largest absolute Gasteiger partial charge is 0.496 e. The van der Waals surface area contributed by atoms with Crippen molar-refractivity contribution < 1.29 is 9.84 Å². The van der Waals surface area contributed by atoms with Crippen LogP contribution in [0.1, 0.15) is 24.8 Å². The van der Waals surface area contributed by atoms with E-state index >= 15 is 0 Å². The molecule has 0 amide bonds. The normalized spacial score (nSPS) is 27.1. The fourth-order valence-corrected chi connectivity index (χ4v) is 2.08. The van der Waals surface area contributed by atoms with E-state index in [9.17, 15) is 5.11 Å². The Labute approximate surface area is 84.5 Å². The fraction of sp³-hybridized carbons (Fsp3) is 0.500. The monoisotopic (exact) mass is 192 g/mol. The third kappa shape index (κ3) is 1.62. The predicted octanol–water partition coefficient (Wildman–Crippen LogP) is 2.18. The van der Waals surface area contributed by atoms with Gasteiger partial charge in [-0.2, -0.15) is 0 Å². The van der Waals surface area contributed by atoms with Crippen LogP contribution in [-0.4, -0.2) is 18.3 Å². The first-order chi connectivity index (χ1) is 6.74. The SMILES string of the molecule is COc1ccccc1[C@@H]1C[C@H]1[C@@H](C)O. The molecule has 2 rings (SSSR count). The van der Waals surface area contributed by atoms with Crippen LogP contribution in [0.3, 0.4) is 0 Å². The molecule has 0 bridgehead atoms. The van der Waals surface area contributed by atoms with Crippen LogP contribution >= 0.6 is 0 Å². The first kappa shape index (κ1) is 9.53. The second-order valence-electron chi connectivity index (χ2n) is 3.99. The average Bonchev–Trinajstić information content (AvgIpc) is 2.97. The molecule has 2 nitrogen and oxygen atoms in total. The molecule has 1 aliphatic rings. The molecule has 1 aromatic carbocycles. The lowest BCUT2D eigenvalue weighted by Crippen LogP contribution is -2.03. The van der Waals surface area contributed by atoms with Gasteiger partial charge in [-0.05, 0) is 36.8 Å². The van der Waals surface area contributed by atoms with Crippen LogP contribution in [0.5, 0.6) is 5.75 Å². The summed E-state index contributed by atoms with van der Waals surface area (Å²) in [6.45, 7) is 1.86. The first-order valence-electron chi connectivity index (χ1n) is 5.05. The Kier molecular flexibility index (Phi) is 2.46. The van der Waals surface area contributed by atoms with E-state index in [0.29, 0.717) is 11.8 Å². The highest BCUT2D eigenvalue weighted by molar-refractivity contribution is 5.39. The molecule has 0 aliphatic heterocycles. The van der Waals surface area contributed by atoms with E-state index in [4.69, 9.17) is 4.74 Å². The molecule has 0 spiro atoms. The zero-order valence-electron chi connectivity index (χ0n) is 8.60. The van der Waals surface area contributed by atoms with Crippen molar-refractivity contribution in [3.8, 4) is 5.75 Å². The molecule has 1 saturated carbocycles. The number of hydrogen-bond donors (Lipinski definition) is 1. The van der Waals surface area contributed by atoms with Crippen molar-refractivity contribution in [3.05, 3.63) is 29.8 Å². The van der Waals surface area contributed by atoms with E-state index in [-0.39, 0.29) is 6.10 Å². The molecule has 1 N–H and O–H groups in total. The van der Waals surface area contributed by atoms with Crippen molar-refractivity contribution in [3.63, 3.8) is 0 Å². The molecule has 14 heavy (non-hydrogen) atoms. The third-order valence-electron chi connectivity index (χ3n) is 3.00. The van der Waals surface area contributed by atoms with Gasteiger partial charge in [-0.1, -0.05) is 18.2 Å². The minimum absolute atomic E-state index is 0.204. The highest BCUT2D eigenvalue weighted by Crippen LogP contribution is 2.51. The lowest BCUT2D eigenvalue weighted by Gasteiger charge is -2.08. The van der Waals surface area contributed by atoms with Crippen LogP contribution in [0.25, 0.3) is 0 Å². The number of ether oxygens (including phenoxy) is 1. The summed E-state index contributed by atoms with van der Waals surface area (Å²) in [6.07, 6.45) is 0.878. The molecule has 0 unspecified atom stereocenters. The number of para-hydroxylation sites is 1. The number of hydrogen-bond acceptors (Lipinski definition) is 2. The van der Waals surface area contributed by atoms with Gasteiger partial charge in [0.1, 0.15) is 5.75 Å². The van der Waals surface area contributed by atoms with Crippen molar-refractivity contribution in [2.24, 2.45) is 5.92 Å². The summed E-state index contributed by atoms with van der Waals surface area (Å²) in [4.78, 5) is 0. The molecule has 76 valence electrons. The summed E-state index contributed by atoms with van der Waals surface area (Å²) in [5, 5.41) is 9.45. The van der Waals surface area contributed by atoms with Gasteiger partial charge >= 0.3 is 0 Å². The van der Waals surface area contributed by atoms with Crippen molar-refractivity contribution >= 4 is 0 Å². The van der Waals surface area contributed by atoms with Gasteiger partial charge in [0, 0.05) is 0 Å². The molecule has 1 aromatic rings. The van der Waals surface area contributed by atoms with Gasteiger partial charge in [-0.15, -0.1) is 0 Å². The molecular formula is C12H16O2. The van der Waals surface area contributed by atoms with Gasteiger partial charge in [0.05, 0.1) is 13.2 Å². The van der Waals surface area contributed by atoms with Crippen LogP contribution in [0.15, 0.2) is 24.3 Å². The van der Waals surface area contributed by atoms with Crippen LogP contribution in [0.4, 0.5) is 0 Å². The summed E-state index contributed by atoms with van der Waals surface area (Å²) in [7, 11) is 1.69. The quantitative estimate of drug-likeness (QED) is 0.795. The van der Waals surface area contributed by atoms with E-state index < -0.39 is 0 Å². The Morgan fingerprint density at radius 3 is 2.71 bits per heavy atom. The number of aliphatic hydroxyl groups excluding tert-OH is 1. The predicted molar refractivity (Wildman–Crippen MR) is 55.5 cm³/mol. The van der Waals surface area contributed by atoms with E-state index in [2.05, 4.69) is 6.07 Å². The van der Waals surface area contributed by atoms with Crippen LogP contribution in [0, 0.1) is 5.92 Å². The topological polar surface area (TPSA) is 29.5 Å². The Morgan fingerprint density at radius 2 is 2.14 bits per heavy atom. The second-order valence-corrected chi connectivity index (χ2v) is 3.99. The number of rotatable bonds is 3. The molecular weight excluding hydrogens is 176 g/mol. The van der Waals surface area contributed by atoms with E-state index in [1.165, 1.54) is 5.56 Å². The number of benzene rings is 1. The molecule has 3 atom stereocenters. The van der Waals surface area contributed by atoms with E-state index in [1.54, 1.807) is 7.11 Å². The maximum absolute atomic E-state index is 9.45. The molecule has 1 aliphatic carbocycles. The molecule has 0 radical (unpaired) electrons. The summed E-state index contributed by atoms with van der Waals surface area (Å²) in [5.41, 5.74) is 1.24. The number of methoxy groups -OCH3 is 1. The van der Waals surface area contributed by atoms with Gasteiger partial charge in [-0.3, -0.25) is 0 Å². The summed E-state index contributed by atoms with van der Waals surface area (Å²) >= 11 is 0. The van der Waals surface area contributed by atoms with Crippen molar-refractivity contribution in [1.29, 1.82) is 0 Å². The Bertz CT molecular complexity index is 320. The van der Waals surface area contributed by atoms with Crippen LogP contribution in [0.2, 0.25) is 0 Å². The number of aliphatic hydroxyl groups is 1. The molecule has 0 aromatic heterocycles. The standard InChI is InChI=1S/C12H16O2/c1-8(13)10-7-11(10)9-5-3-4-6-12(9)14-2/h3-6,8,10-11,13H,7H2,1-2H3/t8-,10+,11+/m1/s1. The Balaban J connectivity index is 2.18. The summed E-state index contributed by atoms with van der Waals surface area (Å²) in [5.74, 6) is 1.86. The average molecular weight is 192 g/mol. The summed E-state index contributed by atoms with van der Waals surface area (Å²) in [6, 6.07) is 8.07. The Morgan fingerprint density at radius 1 is 1.43 bits per heavy atom. The van der Waals surface area contributed by atoms with E-state index in [0.717, 1.165) is 12.2 Å². The van der Waals surface area contributed by atoms with Gasteiger partial charge in [0.2, 0.25) is 0 Å².